The summed E-state index contributed by atoms with van der Waals surface area (Å²) in [6, 6.07) is 0. The number of likely N-dealkylation sites (N-methyl/N-ethyl adjacent to an activating group) is 1. The van der Waals surface area contributed by atoms with E-state index in [0.717, 1.165) is 12.8 Å². The van der Waals surface area contributed by atoms with Gasteiger partial charge in [-0.15, -0.1) is 0 Å². The number of rotatable bonds is 3. The molecule has 0 aromatic rings. The number of esters is 2. The Kier molecular flexibility index (Phi) is 5.66. The van der Waals surface area contributed by atoms with E-state index < -0.39 is 28.7 Å². The van der Waals surface area contributed by atoms with E-state index in [2.05, 4.69) is 0 Å². The number of carbonyl (C=O) groups is 2. The molecular weight excluding hydrogens is 282 g/mol. The van der Waals surface area contributed by atoms with Gasteiger partial charge in [-0.3, -0.25) is 4.90 Å². The summed E-state index contributed by atoms with van der Waals surface area (Å²) in [6.07, 6.45) is 2.24. The van der Waals surface area contributed by atoms with E-state index in [1.807, 2.05) is 53.4 Å². The summed E-state index contributed by atoms with van der Waals surface area (Å²) < 4.78 is 11.1. The molecule has 1 heterocycles. The normalized spacial score (nSPS) is 19.6. The van der Waals surface area contributed by atoms with E-state index in [9.17, 15) is 9.59 Å². The Bertz CT molecular complexity index is 389. The molecule has 1 fully saturated rings. The molecule has 0 saturated carbocycles. The Morgan fingerprint density at radius 3 is 1.77 bits per heavy atom. The second-order valence-corrected chi connectivity index (χ2v) is 7.90. The molecule has 0 unspecified atom stereocenters. The lowest BCUT2D eigenvalue weighted by atomic mass is 9.86. The number of carbonyl (C=O) groups excluding carboxylic acids is 2. The zero-order valence-electron chi connectivity index (χ0n) is 15.1. The highest BCUT2D eigenvalue weighted by Crippen LogP contribution is 2.33. The van der Waals surface area contributed by atoms with Crippen LogP contribution < -0.4 is 0 Å². The summed E-state index contributed by atoms with van der Waals surface area (Å²) in [7, 11) is 0. The Morgan fingerprint density at radius 2 is 1.41 bits per heavy atom. The van der Waals surface area contributed by atoms with Gasteiger partial charge in [-0.05, 0) is 73.9 Å². The van der Waals surface area contributed by atoms with Crippen LogP contribution in [0.1, 0.15) is 67.7 Å². The van der Waals surface area contributed by atoms with Crippen molar-refractivity contribution in [2.75, 3.05) is 13.1 Å². The number of nitrogens with zero attached hydrogens (tertiary/aromatic N) is 1. The summed E-state index contributed by atoms with van der Waals surface area (Å²) in [5, 5.41) is 0. The average molecular weight is 313 g/mol. The van der Waals surface area contributed by atoms with Crippen molar-refractivity contribution in [2.24, 2.45) is 0 Å². The fraction of sp³-hybridized carbons (Fsp3) is 0.882. The van der Waals surface area contributed by atoms with Crippen LogP contribution in [0.25, 0.3) is 0 Å². The molecule has 0 atom stereocenters. The molecule has 1 rings (SSSR count). The zero-order chi connectivity index (χ0) is 17.2. The summed E-state index contributed by atoms with van der Waals surface area (Å²) >= 11 is 0. The lowest BCUT2D eigenvalue weighted by molar-refractivity contribution is -0.191. The van der Waals surface area contributed by atoms with Gasteiger partial charge in [0, 0.05) is 0 Å². The predicted molar refractivity (Wildman–Crippen MR) is 85.5 cm³/mol. The fourth-order valence-corrected chi connectivity index (χ4v) is 2.73. The summed E-state index contributed by atoms with van der Waals surface area (Å²) in [5.74, 6) is -0.980. The molecule has 0 aliphatic carbocycles. The highest BCUT2D eigenvalue weighted by Gasteiger charge is 2.55. The second kappa shape index (κ2) is 6.57. The van der Waals surface area contributed by atoms with Crippen molar-refractivity contribution >= 4 is 11.9 Å². The van der Waals surface area contributed by atoms with Crippen LogP contribution in [0, 0.1) is 0 Å². The van der Waals surface area contributed by atoms with E-state index in [1.165, 1.54) is 0 Å². The first-order valence-corrected chi connectivity index (χ1v) is 8.14. The minimum absolute atomic E-state index is 0.449. The quantitative estimate of drug-likeness (QED) is 0.592. The molecule has 128 valence electrons. The van der Waals surface area contributed by atoms with Gasteiger partial charge in [-0.1, -0.05) is 6.92 Å². The maximum absolute atomic E-state index is 12.9. The Hall–Kier alpha value is -1.10. The van der Waals surface area contributed by atoms with Gasteiger partial charge in [0.15, 0.2) is 0 Å². The van der Waals surface area contributed by atoms with E-state index >= 15 is 0 Å². The molecule has 0 N–H and O–H groups in total. The highest BCUT2D eigenvalue weighted by molar-refractivity contribution is 6.05. The van der Waals surface area contributed by atoms with Gasteiger partial charge in [0.2, 0.25) is 5.54 Å². The summed E-state index contributed by atoms with van der Waals surface area (Å²) in [4.78, 5) is 27.6. The van der Waals surface area contributed by atoms with Crippen LogP contribution in [0.4, 0.5) is 0 Å². The van der Waals surface area contributed by atoms with Gasteiger partial charge in [-0.2, -0.15) is 0 Å². The van der Waals surface area contributed by atoms with Crippen molar-refractivity contribution in [1.29, 1.82) is 0 Å². The van der Waals surface area contributed by atoms with E-state index in [1.54, 1.807) is 0 Å². The lowest BCUT2D eigenvalue weighted by Gasteiger charge is -2.44. The van der Waals surface area contributed by atoms with Crippen LogP contribution >= 0.6 is 0 Å². The van der Waals surface area contributed by atoms with Crippen molar-refractivity contribution < 1.29 is 19.1 Å². The monoisotopic (exact) mass is 313 g/mol. The molecule has 5 heteroatoms. The molecule has 0 aromatic heterocycles. The summed E-state index contributed by atoms with van der Waals surface area (Å²) in [5.41, 5.74) is -2.58. The van der Waals surface area contributed by atoms with Crippen LogP contribution in [0.2, 0.25) is 0 Å². The minimum Gasteiger partial charge on any atom is -0.458 e. The Morgan fingerprint density at radius 1 is 0.955 bits per heavy atom. The Balaban J connectivity index is 3.19. The number of ether oxygens (including phenoxy) is 2. The molecule has 5 nitrogen and oxygen atoms in total. The van der Waals surface area contributed by atoms with Crippen LogP contribution in [-0.4, -0.2) is 46.7 Å². The van der Waals surface area contributed by atoms with E-state index in [0.29, 0.717) is 19.5 Å². The van der Waals surface area contributed by atoms with Crippen molar-refractivity contribution in [3.8, 4) is 0 Å². The number of hydrogen-bond donors (Lipinski definition) is 0. The standard InChI is InChI=1S/C17H31NO4/c1-8-18-12-10-9-11-17(18,13(19)21-15(2,3)4)14(20)22-16(5,6)7/h8-12H2,1-7H3. The number of likely N-dealkylation sites (tertiary alicyclic amines) is 1. The number of hydrogen-bond acceptors (Lipinski definition) is 5. The molecule has 0 amide bonds. The molecule has 22 heavy (non-hydrogen) atoms. The molecule has 0 bridgehead atoms. The van der Waals surface area contributed by atoms with Crippen molar-refractivity contribution in [1.82, 2.24) is 4.90 Å². The maximum Gasteiger partial charge on any atom is 0.338 e. The average Bonchev–Trinajstić information content (AvgIpc) is 2.34. The van der Waals surface area contributed by atoms with Crippen LogP contribution in [-0.2, 0) is 19.1 Å². The van der Waals surface area contributed by atoms with Crippen LogP contribution in [0.5, 0.6) is 0 Å². The first-order chi connectivity index (χ1) is 9.92. The van der Waals surface area contributed by atoms with Crippen LogP contribution in [0.3, 0.4) is 0 Å². The molecule has 1 aliphatic heterocycles. The van der Waals surface area contributed by atoms with Gasteiger partial charge >= 0.3 is 11.9 Å². The van der Waals surface area contributed by atoms with Gasteiger partial charge in [0.05, 0.1) is 0 Å². The van der Waals surface area contributed by atoms with Crippen molar-refractivity contribution in [2.45, 2.75) is 84.5 Å². The third-order valence-corrected chi connectivity index (χ3v) is 3.61. The van der Waals surface area contributed by atoms with Crippen molar-refractivity contribution in [3.05, 3.63) is 0 Å². The Labute approximate surface area is 134 Å². The van der Waals surface area contributed by atoms with Crippen LogP contribution in [0.15, 0.2) is 0 Å². The molecule has 0 radical (unpaired) electrons. The molecular formula is C17H31NO4. The number of piperidine rings is 1. The molecule has 1 aliphatic rings. The maximum atomic E-state index is 12.9. The van der Waals surface area contributed by atoms with Crippen molar-refractivity contribution in [3.63, 3.8) is 0 Å². The summed E-state index contributed by atoms with van der Waals surface area (Å²) in [6.45, 7) is 14.1. The fourth-order valence-electron chi connectivity index (χ4n) is 2.73. The molecule has 0 aromatic carbocycles. The second-order valence-electron chi connectivity index (χ2n) is 7.90. The van der Waals surface area contributed by atoms with E-state index in [-0.39, 0.29) is 0 Å². The SMILES string of the molecule is CCN1CCCCC1(C(=O)OC(C)(C)C)C(=O)OC(C)(C)C. The topological polar surface area (TPSA) is 55.8 Å². The smallest absolute Gasteiger partial charge is 0.338 e. The first-order valence-electron chi connectivity index (χ1n) is 8.14. The van der Waals surface area contributed by atoms with Gasteiger partial charge in [-0.25, -0.2) is 9.59 Å². The van der Waals surface area contributed by atoms with Gasteiger partial charge in [0.25, 0.3) is 0 Å². The third kappa shape index (κ3) is 4.45. The van der Waals surface area contributed by atoms with Gasteiger partial charge in [0.1, 0.15) is 11.2 Å². The molecule has 0 spiro atoms. The minimum atomic E-state index is -1.31. The van der Waals surface area contributed by atoms with E-state index in [4.69, 9.17) is 9.47 Å². The molecule has 1 saturated heterocycles. The first kappa shape index (κ1) is 18.9. The zero-order valence-corrected chi connectivity index (χ0v) is 15.1. The third-order valence-electron chi connectivity index (χ3n) is 3.61. The largest absolute Gasteiger partial charge is 0.458 e. The van der Waals surface area contributed by atoms with Gasteiger partial charge < -0.3 is 9.47 Å². The highest BCUT2D eigenvalue weighted by atomic mass is 16.6. The predicted octanol–water partition coefficient (Wildman–Crippen LogP) is 2.91. The lowest BCUT2D eigenvalue weighted by Crippen LogP contribution is -2.64.